The summed E-state index contributed by atoms with van der Waals surface area (Å²) in [5.41, 5.74) is 0. The van der Waals surface area contributed by atoms with Crippen molar-refractivity contribution in [2.24, 2.45) is 0 Å². The lowest BCUT2D eigenvalue weighted by molar-refractivity contribution is -0.375. The first kappa shape index (κ1) is 67.3. The molecule has 27 heteroatoms. The van der Waals surface area contributed by atoms with Crippen molar-refractivity contribution in [2.75, 3.05) is 37.9 Å². The Morgan fingerprint density at radius 2 is 0.741 bits per heavy atom. The molecule has 3 rings (SSSR count). The largest absolute Gasteiger partial charge is 0.463 e. The minimum absolute atomic E-state index is 0.0712. The number of amides is 1. The van der Waals surface area contributed by atoms with E-state index in [2.05, 4.69) is 12.2 Å². The Morgan fingerprint density at radius 3 is 1.18 bits per heavy atom. The Morgan fingerprint density at radius 1 is 0.388 bits per heavy atom. The number of carbonyl (C=O) groups is 10. The van der Waals surface area contributed by atoms with Crippen molar-refractivity contribution in [1.82, 2.24) is 5.32 Å². The van der Waals surface area contributed by atoms with E-state index in [1.807, 2.05) is 0 Å². The molecule has 15 atom stereocenters. The lowest BCUT2D eigenvalue weighted by atomic mass is 9.94. The summed E-state index contributed by atoms with van der Waals surface area (Å²) < 4.78 is 118. The second-order valence-electron chi connectivity index (χ2n) is 20.7. The molecule has 0 saturated carbocycles. The number of carbonyl (C=O) groups excluding carboxylic acids is 10. The van der Waals surface area contributed by atoms with E-state index in [-0.39, 0.29) is 6.61 Å². The highest BCUT2D eigenvalue weighted by Gasteiger charge is 2.60. The number of thioether (sulfide) groups is 1. The molecule has 3 fully saturated rings. The molecule has 3 saturated heterocycles. The second-order valence-corrected chi connectivity index (χ2v) is 21.9. The zero-order valence-electron chi connectivity index (χ0n) is 54.2. The molecule has 0 aromatic carbocycles. The van der Waals surface area contributed by atoms with Crippen LogP contribution in [0.4, 0.5) is 0 Å². The molecular formula is C58H93NO25S. The van der Waals surface area contributed by atoms with Gasteiger partial charge in [0.2, 0.25) is 5.91 Å². The van der Waals surface area contributed by atoms with Crippen molar-refractivity contribution in [2.45, 2.75) is 271 Å². The van der Waals surface area contributed by atoms with Gasteiger partial charge in [0.25, 0.3) is 0 Å². The normalized spacial score (nSPS) is 27.9. The van der Waals surface area contributed by atoms with Gasteiger partial charge in [-0.15, -0.1) is 0 Å². The number of hydrogen-bond donors (Lipinski definition) is 1. The van der Waals surface area contributed by atoms with Crippen LogP contribution >= 0.6 is 11.8 Å². The van der Waals surface area contributed by atoms with Gasteiger partial charge in [-0.3, -0.25) is 47.9 Å². The molecule has 1 unspecified atom stereocenters. The van der Waals surface area contributed by atoms with Gasteiger partial charge in [0.15, 0.2) is 55.5 Å². The molecule has 26 nitrogen and oxygen atoms in total. The van der Waals surface area contributed by atoms with Crippen molar-refractivity contribution < 1.29 is 124 Å². The number of hydrogen-bond acceptors (Lipinski definition) is 26. The van der Waals surface area contributed by atoms with Crippen LogP contribution in [-0.4, -0.2) is 190 Å². The van der Waals surface area contributed by atoms with Gasteiger partial charge in [-0.25, -0.2) is 0 Å². The molecule has 0 aromatic rings. The molecule has 3 aliphatic rings. The third-order valence-corrected chi connectivity index (χ3v) is 14.5. The van der Waals surface area contributed by atoms with Crippen molar-refractivity contribution in [1.29, 1.82) is 0 Å². The Bertz CT molecular complexity index is 2210. The fraction of sp³-hybridized carbons (Fsp3) is 0.828. The van der Waals surface area contributed by atoms with Crippen molar-refractivity contribution >= 4 is 71.4 Å². The first-order chi connectivity index (χ1) is 42.6. The molecule has 0 bridgehead atoms. The van der Waals surface area contributed by atoms with E-state index in [0.29, 0.717) is 5.75 Å². The molecule has 486 valence electrons. The maximum atomic E-state index is 13.3. The third kappa shape index (κ3) is 28.5. The van der Waals surface area contributed by atoms with E-state index in [4.69, 9.17) is 76.5 Å². The molecule has 0 aliphatic carbocycles. The van der Waals surface area contributed by atoms with E-state index < -0.39 is 199 Å². The predicted molar refractivity (Wildman–Crippen MR) is 299 cm³/mol. The molecule has 0 radical (unpaired) electrons. The summed E-state index contributed by atoms with van der Waals surface area (Å²) >= 11 is 1.64. The van der Waals surface area contributed by atoms with E-state index in [9.17, 15) is 47.9 Å². The molecule has 85 heavy (non-hydrogen) atoms. The standard InChI is InChI=1S/C58H93NO25S/c1-12-13-14-15-16-17-18-19-20-21-22-23-24-25-26-27-29-85-30-28-70-56-47(59-34(2)60)51(75-39(7)65)48(44(80-56)31-71-35(3)61)83-57-55(79-43(11)69)53(77-41(9)67)50(46(82-57)33-73-37(5)63)84-58-54(78-42(10)68)52(76-40(8)66)49(74-38(6)64)45(81-58)32-72-36(4)62/h44-58H,12-33H2,1-11H3,(H,59,60)/t44-,45-,46-,47-,48-,49+,50+,51-,52+,53+,54-,55-,56-,57+,58?/m1/s1/i4D,6D,8D,10D. The monoisotopic (exact) mass is 1240 g/mol. The van der Waals surface area contributed by atoms with Gasteiger partial charge in [0.05, 0.1) is 6.61 Å². The summed E-state index contributed by atoms with van der Waals surface area (Å²) in [4.78, 5) is 129. The second kappa shape index (κ2) is 40.3. The molecule has 0 aromatic heterocycles. The van der Waals surface area contributed by atoms with Crippen molar-refractivity contribution in [3.8, 4) is 0 Å². The highest BCUT2D eigenvalue weighted by atomic mass is 32.2. The number of rotatable bonds is 38. The van der Waals surface area contributed by atoms with Crippen LogP contribution in [0.3, 0.4) is 0 Å². The van der Waals surface area contributed by atoms with Gasteiger partial charge in [-0.2, -0.15) is 11.8 Å². The van der Waals surface area contributed by atoms with Crippen LogP contribution in [-0.2, 0) is 119 Å². The Labute approximate surface area is 508 Å². The maximum Gasteiger partial charge on any atom is 0.303 e. The number of ether oxygens (including phenoxy) is 15. The number of nitrogens with one attached hydrogen (secondary N) is 1. The summed E-state index contributed by atoms with van der Waals surface area (Å²) in [5.74, 6) is -9.20. The SMILES string of the molecule is [2H]CC(=O)OC[C@H]1OC(O[C@@H]2[C@H](OC(C)=O)[C@@H](OC(C)=O)[C@H](O[C@H]3[C@H](OC(C)=O)[C@@H](NC(C)=O)[C@H](OCCSCCCCCCCCCCCCCCCCCC)O[C@@H]3COC(C)=O)O[C@@H]2COC(C)=O)[C@H](OC(=O)C[2H])[C@@H](OC(=O)C[2H])[C@H]1OC(=O)C[2H]. The first-order valence-electron chi connectivity index (χ1n) is 31.8. The summed E-state index contributed by atoms with van der Waals surface area (Å²) in [5, 5.41) is 2.69. The minimum atomic E-state index is -2.21. The molecule has 3 aliphatic heterocycles. The van der Waals surface area contributed by atoms with E-state index in [1.54, 1.807) is 11.8 Å². The molecule has 3 heterocycles. The third-order valence-electron chi connectivity index (χ3n) is 13.5. The Kier molecular flexibility index (Phi) is 31.9. The fourth-order valence-electron chi connectivity index (χ4n) is 9.93. The highest BCUT2D eigenvalue weighted by molar-refractivity contribution is 7.99. The highest BCUT2D eigenvalue weighted by Crippen LogP contribution is 2.38. The topological polar surface area (TPSA) is 321 Å². The molecule has 0 spiro atoms. The maximum absolute atomic E-state index is 13.3. The van der Waals surface area contributed by atoms with Crippen LogP contribution < -0.4 is 5.32 Å². The number of esters is 9. The van der Waals surface area contributed by atoms with Crippen LogP contribution in [0.15, 0.2) is 0 Å². The summed E-state index contributed by atoms with van der Waals surface area (Å²) in [7, 11) is 0. The zero-order valence-corrected chi connectivity index (χ0v) is 51.0. The Balaban J connectivity index is 2.00. The summed E-state index contributed by atoms with van der Waals surface area (Å²) in [6.07, 6.45) is -6.19. The van der Waals surface area contributed by atoms with Gasteiger partial charge in [-0.05, 0) is 12.2 Å². The fourth-order valence-corrected chi connectivity index (χ4v) is 10.8. The summed E-state index contributed by atoms with van der Waals surface area (Å²) in [6.45, 7) is 2.00. The molecule has 1 amide bonds. The lowest BCUT2D eigenvalue weighted by Crippen LogP contribution is -2.70. The van der Waals surface area contributed by atoms with E-state index in [1.165, 1.54) is 90.4 Å². The van der Waals surface area contributed by atoms with Gasteiger partial charge in [-0.1, -0.05) is 103 Å². The molecule has 1 N–H and O–H groups in total. The van der Waals surface area contributed by atoms with E-state index >= 15 is 0 Å². The van der Waals surface area contributed by atoms with Crippen LogP contribution in [0.1, 0.15) is 184 Å². The average Bonchev–Trinajstić information content (AvgIpc) is 1.28. The van der Waals surface area contributed by atoms with Crippen LogP contribution in [0.2, 0.25) is 0 Å². The predicted octanol–water partition coefficient (Wildman–Crippen LogP) is 5.73. The van der Waals surface area contributed by atoms with Gasteiger partial charge >= 0.3 is 53.7 Å². The van der Waals surface area contributed by atoms with Gasteiger partial charge in [0, 0.05) is 80.4 Å². The smallest absolute Gasteiger partial charge is 0.303 e. The van der Waals surface area contributed by atoms with Gasteiger partial charge < -0.3 is 76.4 Å². The van der Waals surface area contributed by atoms with Crippen LogP contribution in [0, 0.1) is 0 Å². The zero-order chi connectivity index (χ0) is 65.8. The minimum Gasteiger partial charge on any atom is -0.463 e. The van der Waals surface area contributed by atoms with E-state index in [0.717, 1.165) is 59.6 Å². The molecular weight excluding hydrogens is 1140 g/mol. The average molecular weight is 1240 g/mol. The summed E-state index contributed by atoms with van der Waals surface area (Å²) in [6, 6.07) is -1.38. The number of unbranched alkanes of at least 4 members (excludes halogenated alkanes) is 15. The van der Waals surface area contributed by atoms with Crippen molar-refractivity contribution in [3.63, 3.8) is 0 Å². The van der Waals surface area contributed by atoms with Gasteiger partial charge in [0.1, 0.15) is 56.4 Å². The Hall–Kier alpha value is -5.19. The van der Waals surface area contributed by atoms with Crippen LogP contribution in [0.5, 0.6) is 0 Å². The quantitative estimate of drug-likeness (QED) is 0.0438. The van der Waals surface area contributed by atoms with Crippen LogP contribution in [0.25, 0.3) is 0 Å². The lowest BCUT2D eigenvalue weighted by Gasteiger charge is -2.50. The van der Waals surface area contributed by atoms with Crippen molar-refractivity contribution in [3.05, 3.63) is 0 Å². The first-order valence-corrected chi connectivity index (χ1v) is 30.2.